The van der Waals surface area contributed by atoms with Gasteiger partial charge in [-0.25, -0.2) is 14.3 Å². The molecule has 0 amide bonds. The van der Waals surface area contributed by atoms with Crippen LogP contribution < -0.4 is 0 Å². The van der Waals surface area contributed by atoms with E-state index in [1.165, 1.54) is 16.9 Å². The van der Waals surface area contributed by atoms with Gasteiger partial charge in [-0.05, 0) is 22.0 Å². The van der Waals surface area contributed by atoms with Gasteiger partial charge in [-0.15, -0.1) is 0 Å². The largest absolute Gasteiger partial charge is 0.477 e. The third-order valence-corrected chi connectivity index (χ3v) is 2.25. The topological polar surface area (TPSA) is 67.5 Å². The molecule has 2 heterocycles. The van der Waals surface area contributed by atoms with E-state index in [0.717, 1.165) is 0 Å². The number of hydrogen-bond acceptors (Lipinski definition) is 3. The zero-order valence-electron chi connectivity index (χ0n) is 6.31. The third-order valence-electron chi connectivity index (χ3n) is 1.61. The molecule has 2 aromatic heterocycles. The Bertz CT molecular complexity index is 480. The highest BCUT2D eigenvalue weighted by Crippen LogP contribution is 2.20. The van der Waals surface area contributed by atoms with Crippen LogP contribution in [-0.2, 0) is 0 Å². The van der Waals surface area contributed by atoms with Crippen molar-refractivity contribution < 1.29 is 9.90 Å². The molecule has 0 aliphatic heterocycles. The molecule has 0 fully saturated rings. The lowest BCUT2D eigenvalue weighted by atomic mass is 10.4. The number of rotatable bonds is 1. The van der Waals surface area contributed by atoms with Crippen LogP contribution in [0.2, 0.25) is 0 Å². The minimum atomic E-state index is -1.01. The molecule has 0 bridgehead atoms. The maximum atomic E-state index is 10.7. The van der Waals surface area contributed by atoms with Gasteiger partial charge in [-0.1, -0.05) is 0 Å². The molecule has 5 nitrogen and oxygen atoms in total. The average Bonchev–Trinajstić information content (AvgIpc) is 2.45. The number of aromatic nitrogens is 3. The van der Waals surface area contributed by atoms with Gasteiger partial charge in [0.05, 0.1) is 11.7 Å². The number of carboxylic acids is 1. The molecule has 1 N–H and O–H groups in total. The number of nitrogens with zero attached hydrogens (tertiary/aromatic N) is 3. The predicted molar refractivity (Wildman–Crippen MR) is 47.6 cm³/mol. The van der Waals surface area contributed by atoms with Crippen LogP contribution in [0.4, 0.5) is 0 Å². The van der Waals surface area contributed by atoms with Gasteiger partial charge in [0, 0.05) is 4.47 Å². The summed E-state index contributed by atoms with van der Waals surface area (Å²) in [4.78, 5) is 14.5. The zero-order chi connectivity index (χ0) is 9.42. The van der Waals surface area contributed by atoms with E-state index in [4.69, 9.17) is 5.11 Å². The van der Waals surface area contributed by atoms with Crippen LogP contribution in [-0.4, -0.2) is 25.7 Å². The van der Waals surface area contributed by atoms with Gasteiger partial charge in [0.1, 0.15) is 6.33 Å². The Kier molecular flexibility index (Phi) is 1.77. The lowest BCUT2D eigenvalue weighted by Gasteiger charge is -1.93. The van der Waals surface area contributed by atoms with Gasteiger partial charge in [-0.2, -0.15) is 5.10 Å². The summed E-state index contributed by atoms with van der Waals surface area (Å²) >= 11 is 3.22. The summed E-state index contributed by atoms with van der Waals surface area (Å²) in [5.41, 5.74) is 0.754. The SMILES string of the molecule is O=C(O)c1cc(Br)c2cncnn12. The Morgan fingerprint density at radius 1 is 1.62 bits per heavy atom. The van der Waals surface area contributed by atoms with Gasteiger partial charge in [0.2, 0.25) is 0 Å². The summed E-state index contributed by atoms with van der Waals surface area (Å²) in [6, 6.07) is 1.49. The van der Waals surface area contributed by atoms with Crippen LogP contribution in [0.5, 0.6) is 0 Å². The number of carboxylic acid groups (broad SMARTS) is 1. The van der Waals surface area contributed by atoms with Crippen molar-refractivity contribution in [3.8, 4) is 0 Å². The summed E-state index contributed by atoms with van der Waals surface area (Å²) in [5.74, 6) is -1.01. The summed E-state index contributed by atoms with van der Waals surface area (Å²) in [6.07, 6.45) is 2.84. The van der Waals surface area contributed by atoms with E-state index in [1.807, 2.05) is 0 Å². The molecular formula is C7H4BrN3O2. The third kappa shape index (κ3) is 1.19. The summed E-state index contributed by atoms with van der Waals surface area (Å²) in [5, 5.41) is 12.6. The fourth-order valence-electron chi connectivity index (χ4n) is 1.06. The first kappa shape index (κ1) is 8.18. The molecule has 6 heteroatoms. The van der Waals surface area contributed by atoms with Gasteiger partial charge in [-0.3, -0.25) is 0 Å². The molecule has 13 heavy (non-hydrogen) atoms. The summed E-state index contributed by atoms with van der Waals surface area (Å²) < 4.78 is 1.99. The Labute approximate surface area is 81.1 Å². The van der Waals surface area contributed by atoms with E-state index in [9.17, 15) is 4.79 Å². The van der Waals surface area contributed by atoms with E-state index in [-0.39, 0.29) is 5.69 Å². The second-order valence-corrected chi connectivity index (χ2v) is 3.24. The van der Waals surface area contributed by atoms with E-state index in [0.29, 0.717) is 9.99 Å². The minimum absolute atomic E-state index is 0.115. The molecule has 0 aromatic carbocycles. The van der Waals surface area contributed by atoms with E-state index < -0.39 is 5.97 Å². The average molecular weight is 242 g/mol. The molecule has 0 atom stereocenters. The van der Waals surface area contributed by atoms with Crippen molar-refractivity contribution in [2.45, 2.75) is 0 Å². The molecule has 0 unspecified atom stereocenters. The van der Waals surface area contributed by atoms with Crippen molar-refractivity contribution in [1.82, 2.24) is 14.6 Å². The Balaban J connectivity index is 2.85. The number of hydrogen-bond donors (Lipinski definition) is 1. The van der Waals surface area contributed by atoms with Crippen LogP contribution >= 0.6 is 15.9 Å². The van der Waals surface area contributed by atoms with Crippen molar-refractivity contribution >= 4 is 27.4 Å². The number of aromatic carboxylic acids is 1. The van der Waals surface area contributed by atoms with E-state index in [2.05, 4.69) is 26.0 Å². The maximum Gasteiger partial charge on any atom is 0.354 e. The van der Waals surface area contributed by atoms with Gasteiger partial charge in [0.15, 0.2) is 5.69 Å². The minimum Gasteiger partial charge on any atom is -0.477 e. The standard InChI is InChI=1S/C7H4BrN3O2/c8-4-1-5(7(12)13)11-6(4)2-9-3-10-11/h1-3H,(H,12,13). The highest BCUT2D eigenvalue weighted by atomic mass is 79.9. The quantitative estimate of drug-likeness (QED) is 0.815. The zero-order valence-corrected chi connectivity index (χ0v) is 7.89. The highest BCUT2D eigenvalue weighted by Gasteiger charge is 2.13. The molecular weight excluding hydrogens is 238 g/mol. The fraction of sp³-hybridized carbons (Fsp3) is 0. The first-order chi connectivity index (χ1) is 6.20. The van der Waals surface area contributed by atoms with Crippen LogP contribution in [0.3, 0.4) is 0 Å². The van der Waals surface area contributed by atoms with E-state index in [1.54, 1.807) is 6.20 Å². The van der Waals surface area contributed by atoms with Gasteiger partial charge >= 0.3 is 5.97 Å². The number of fused-ring (bicyclic) bond motifs is 1. The van der Waals surface area contributed by atoms with Crippen LogP contribution in [0.25, 0.3) is 5.52 Å². The van der Waals surface area contributed by atoms with Crippen LogP contribution in [0.1, 0.15) is 10.5 Å². The van der Waals surface area contributed by atoms with Crippen LogP contribution in [0, 0.1) is 0 Å². The second-order valence-electron chi connectivity index (χ2n) is 2.39. The normalized spacial score (nSPS) is 10.5. The Hall–Kier alpha value is -1.43. The van der Waals surface area contributed by atoms with Crippen molar-refractivity contribution in [2.24, 2.45) is 0 Å². The fourth-order valence-corrected chi connectivity index (χ4v) is 1.55. The highest BCUT2D eigenvalue weighted by molar-refractivity contribution is 9.10. The van der Waals surface area contributed by atoms with Gasteiger partial charge in [0.25, 0.3) is 0 Å². The molecule has 0 spiro atoms. The lowest BCUT2D eigenvalue weighted by molar-refractivity contribution is 0.0688. The molecule has 2 aromatic rings. The van der Waals surface area contributed by atoms with Crippen molar-refractivity contribution in [3.05, 3.63) is 28.8 Å². The maximum absolute atomic E-state index is 10.7. The predicted octanol–water partition coefficient (Wildman–Crippen LogP) is 1.19. The molecule has 66 valence electrons. The monoisotopic (exact) mass is 241 g/mol. The molecule has 0 saturated heterocycles. The lowest BCUT2D eigenvalue weighted by Crippen LogP contribution is -2.03. The molecule has 0 saturated carbocycles. The van der Waals surface area contributed by atoms with Crippen molar-refractivity contribution in [2.75, 3.05) is 0 Å². The van der Waals surface area contributed by atoms with Crippen LogP contribution in [0.15, 0.2) is 23.1 Å². The Morgan fingerprint density at radius 2 is 2.38 bits per heavy atom. The molecule has 0 radical (unpaired) electrons. The van der Waals surface area contributed by atoms with Gasteiger partial charge < -0.3 is 5.11 Å². The second kappa shape index (κ2) is 2.81. The Morgan fingerprint density at radius 3 is 3.08 bits per heavy atom. The molecule has 0 aliphatic carbocycles. The number of halogens is 1. The van der Waals surface area contributed by atoms with Crippen molar-refractivity contribution in [1.29, 1.82) is 0 Å². The summed E-state index contributed by atoms with van der Waals surface area (Å²) in [6.45, 7) is 0. The van der Waals surface area contributed by atoms with Crippen molar-refractivity contribution in [3.63, 3.8) is 0 Å². The first-order valence-electron chi connectivity index (χ1n) is 3.40. The smallest absolute Gasteiger partial charge is 0.354 e. The number of carbonyl (C=O) groups is 1. The molecule has 0 aliphatic rings. The summed E-state index contributed by atoms with van der Waals surface area (Å²) in [7, 11) is 0. The molecule has 2 rings (SSSR count). The first-order valence-corrected chi connectivity index (χ1v) is 4.20. The van der Waals surface area contributed by atoms with E-state index >= 15 is 0 Å².